The van der Waals surface area contributed by atoms with Gasteiger partial charge in [-0.2, -0.15) is 0 Å². The second-order valence-corrected chi connectivity index (χ2v) is 6.09. The number of carbonyl (C=O) groups excluding carboxylic acids is 1. The molecule has 2 N–H and O–H groups in total. The summed E-state index contributed by atoms with van der Waals surface area (Å²) in [6.07, 6.45) is 1.45. The minimum absolute atomic E-state index is 0.427. The van der Waals surface area contributed by atoms with Gasteiger partial charge in [0.25, 0.3) is 0 Å². The topological polar surface area (TPSA) is 70.8 Å². The normalized spacial score (nSPS) is 14.0. The van der Waals surface area contributed by atoms with Gasteiger partial charge in [-0.1, -0.05) is 13.3 Å². The van der Waals surface area contributed by atoms with Gasteiger partial charge in [0.1, 0.15) is 5.54 Å². The Morgan fingerprint density at radius 2 is 1.71 bits per heavy atom. The lowest BCUT2D eigenvalue weighted by Gasteiger charge is -2.30. The van der Waals surface area contributed by atoms with E-state index in [-0.39, 0.29) is 0 Å². The highest BCUT2D eigenvalue weighted by molar-refractivity contribution is 6.66. The van der Waals surface area contributed by atoms with Crippen LogP contribution in [0.5, 0.6) is 0 Å². The minimum atomic E-state index is -2.91. The Labute approximate surface area is 85.9 Å². The molecule has 0 aliphatic heterocycles. The lowest BCUT2D eigenvalue weighted by atomic mass is 10.2. The molecule has 0 aromatic carbocycles. The van der Waals surface area contributed by atoms with E-state index in [2.05, 4.69) is 0 Å². The summed E-state index contributed by atoms with van der Waals surface area (Å²) in [6.45, 7) is 1.97. The first kappa shape index (κ1) is 13.6. The Bertz CT molecular complexity index is 176. The third-order valence-corrected chi connectivity index (χ3v) is 5.33. The molecule has 0 bridgehead atoms. The van der Waals surface area contributed by atoms with Crippen molar-refractivity contribution in [2.75, 3.05) is 21.3 Å². The number of carbonyl (C=O) groups is 1. The molecule has 0 saturated carbocycles. The molecule has 1 atom stereocenters. The molecule has 6 heteroatoms. The Kier molecular flexibility index (Phi) is 5.94. The van der Waals surface area contributed by atoms with Gasteiger partial charge in [-0.25, -0.2) is 0 Å². The molecule has 0 heterocycles. The van der Waals surface area contributed by atoms with Gasteiger partial charge < -0.3 is 19.0 Å². The molecule has 0 rings (SSSR count). The third kappa shape index (κ3) is 2.78. The highest BCUT2D eigenvalue weighted by atomic mass is 28.4. The van der Waals surface area contributed by atoms with Crippen molar-refractivity contribution in [3.63, 3.8) is 0 Å². The standard InChI is InChI=1S/C8H19NO4Si/c1-5-6-7(8(9)10)14(11-2,12-3)13-4/h7H,5-6H2,1-4H3,(H2,9,10). The van der Waals surface area contributed by atoms with Crippen molar-refractivity contribution < 1.29 is 18.1 Å². The van der Waals surface area contributed by atoms with Crippen molar-refractivity contribution in [3.8, 4) is 0 Å². The second kappa shape index (κ2) is 6.13. The van der Waals surface area contributed by atoms with Crippen molar-refractivity contribution >= 4 is 14.7 Å². The van der Waals surface area contributed by atoms with Crippen LogP contribution >= 0.6 is 0 Å². The smallest absolute Gasteiger partial charge is 0.376 e. The molecule has 0 aliphatic carbocycles. The van der Waals surface area contributed by atoms with Crippen molar-refractivity contribution in [2.45, 2.75) is 25.3 Å². The van der Waals surface area contributed by atoms with E-state index >= 15 is 0 Å². The predicted molar refractivity (Wildman–Crippen MR) is 54.6 cm³/mol. The van der Waals surface area contributed by atoms with Gasteiger partial charge >= 0.3 is 8.80 Å². The fourth-order valence-electron chi connectivity index (χ4n) is 1.46. The van der Waals surface area contributed by atoms with Crippen LogP contribution in [-0.4, -0.2) is 36.0 Å². The van der Waals surface area contributed by atoms with Crippen LogP contribution in [0.1, 0.15) is 19.8 Å². The van der Waals surface area contributed by atoms with Gasteiger partial charge in [0.15, 0.2) is 0 Å². The molecule has 14 heavy (non-hydrogen) atoms. The SMILES string of the molecule is CCCC(C(N)=O)[Si](OC)(OC)OC. The second-order valence-electron chi connectivity index (χ2n) is 2.96. The number of hydrogen-bond donors (Lipinski definition) is 1. The van der Waals surface area contributed by atoms with Gasteiger partial charge in [-0.05, 0) is 6.42 Å². The van der Waals surface area contributed by atoms with Gasteiger partial charge in [0.05, 0.1) is 0 Å². The van der Waals surface area contributed by atoms with E-state index in [0.717, 1.165) is 6.42 Å². The summed E-state index contributed by atoms with van der Waals surface area (Å²) in [5.74, 6) is -0.427. The average molecular weight is 221 g/mol. The molecule has 5 nitrogen and oxygen atoms in total. The summed E-state index contributed by atoms with van der Waals surface area (Å²) >= 11 is 0. The molecule has 0 spiro atoms. The zero-order valence-corrected chi connectivity index (χ0v) is 10.2. The average Bonchev–Trinajstić information content (AvgIpc) is 2.19. The zero-order valence-electron chi connectivity index (χ0n) is 9.20. The monoisotopic (exact) mass is 221 g/mol. The van der Waals surface area contributed by atoms with E-state index in [1.165, 1.54) is 21.3 Å². The van der Waals surface area contributed by atoms with Crippen molar-refractivity contribution in [3.05, 3.63) is 0 Å². The molecule has 0 aliphatic rings. The van der Waals surface area contributed by atoms with E-state index in [1.54, 1.807) is 0 Å². The maximum absolute atomic E-state index is 11.2. The lowest BCUT2D eigenvalue weighted by Crippen LogP contribution is -2.51. The molecule has 1 amide bonds. The number of amides is 1. The minimum Gasteiger partial charge on any atom is -0.376 e. The van der Waals surface area contributed by atoms with Crippen LogP contribution in [0.4, 0.5) is 0 Å². The quantitative estimate of drug-likeness (QED) is 0.636. The van der Waals surface area contributed by atoms with Gasteiger partial charge in [-0.3, -0.25) is 4.79 Å². The summed E-state index contributed by atoms with van der Waals surface area (Å²) in [5.41, 5.74) is 4.83. The fraction of sp³-hybridized carbons (Fsp3) is 0.875. The van der Waals surface area contributed by atoms with E-state index in [1.807, 2.05) is 6.92 Å². The predicted octanol–water partition coefficient (Wildman–Crippen LogP) is 0.520. The number of nitrogens with two attached hydrogens (primary N) is 1. The zero-order chi connectivity index (χ0) is 11.2. The highest BCUT2D eigenvalue weighted by Crippen LogP contribution is 2.28. The van der Waals surface area contributed by atoms with E-state index in [9.17, 15) is 4.79 Å². The van der Waals surface area contributed by atoms with Crippen LogP contribution in [0.15, 0.2) is 0 Å². The molecular weight excluding hydrogens is 202 g/mol. The first-order chi connectivity index (χ1) is 6.57. The van der Waals surface area contributed by atoms with E-state index < -0.39 is 20.3 Å². The molecule has 84 valence electrons. The summed E-state index contributed by atoms with van der Waals surface area (Å²) in [6, 6.07) is 0. The van der Waals surface area contributed by atoms with Crippen molar-refractivity contribution in [2.24, 2.45) is 5.73 Å². The summed E-state index contributed by atoms with van der Waals surface area (Å²) in [5, 5.41) is 0. The maximum Gasteiger partial charge on any atom is 0.513 e. The Morgan fingerprint density at radius 3 is 1.93 bits per heavy atom. The van der Waals surface area contributed by atoms with Crippen molar-refractivity contribution in [1.82, 2.24) is 0 Å². The Morgan fingerprint density at radius 1 is 1.29 bits per heavy atom. The molecular formula is C8H19NO4Si. The number of primary amides is 1. The van der Waals surface area contributed by atoms with Crippen LogP contribution in [0.3, 0.4) is 0 Å². The number of hydrogen-bond acceptors (Lipinski definition) is 4. The molecule has 0 fully saturated rings. The Balaban J connectivity index is 4.79. The Hall–Kier alpha value is -0.433. The third-order valence-electron chi connectivity index (χ3n) is 2.20. The molecule has 0 radical (unpaired) electrons. The van der Waals surface area contributed by atoms with Crippen molar-refractivity contribution in [1.29, 1.82) is 0 Å². The largest absolute Gasteiger partial charge is 0.513 e. The summed E-state index contributed by atoms with van der Waals surface area (Å²) in [4.78, 5) is 11.2. The van der Waals surface area contributed by atoms with Crippen LogP contribution in [-0.2, 0) is 18.1 Å². The van der Waals surface area contributed by atoms with Crippen LogP contribution in [0.25, 0.3) is 0 Å². The molecule has 1 unspecified atom stereocenters. The maximum atomic E-state index is 11.2. The first-order valence-electron chi connectivity index (χ1n) is 4.52. The molecule has 0 saturated heterocycles. The van der Waals surface area contributed by atoms with Crippen LogP contribution in [0, 0.1) is 0 Å². The highest BCUT2D eigenvalue weighted by Gasteiger charge is 2.50. The van der Waals surface area contributed by atoms with Gasteiger partial charge in [0.2, 0.25) is 5.91 Å². The summed E-state index contributed by atoms with van der Waals surface area (Å²) in [7, 11) is 1.53. The van der Waals surface area contributed by atoms with Crippen LogP contribution < -0.4 is 5.73 Å². The van der Waals surface area contributed by atoms with Gasteiger partial charge in [0, 0.05) is 21.3 Å². The summed E-state index contributed by atoms with van der Waals surface area (Å²) < 4.78 is 15.6. The molecule has 0 aromatic heterocycles. The first-order valence-corrected chi connectivity index (χ1v) is 6.32. The fourth-order valence-corrected chi connectivity index (χ4v) is 3.80. The lowest BCUT2D eigenvalue weighted by molar-refractivity contribution is -0.119. The van der Waals surface area contributed by atoms with Gasteiger partial charge in [-0.15, -0.1) is 0 Å². The van der Waals surface area contributed by atoms with E-state index in [4.69, 9.17) is 19.0 Å². The van der Waals surface area contributed by atoms with Crippen LogP contribution in [0.2, 0.25) is 5.54 Å². The number of rotatable bonds is 7. The van der Waals surface area contributed by atoms with E-state index in [0.29, 0.717) is 6.42 Å². The molecule has 0 aromatic rings.